The van der Waals surface area contributed by atoms with Crippen LogP contribution in [-0.2, 0) is 14.4 Å². The zero-order valence-corrected chi connectivity index (χ0v) is 16.2. The minimum atomic E-state index is -0.000929. The van der Waals surface area contributed by atoms with Crippen molar-refractivity contribution in [3.8, 4) is 0 Å². The Bertz CT molecular complexity index is 407. The molecule has 6 nitrogen and oxygen atoms in total. The van der Waals surface area contributed by atoms with Crippen LogP contribution in [0.1, 0.15) is 52.4 Å². The van der Waals surface area contributed by atoms with Gasteiger partial charge >= 0.3 is 0 Å². The number of carbonyl (C=O) groups is 3. The molecule has 132 valence electrons. The van der Waals surface area contributed by atoms with E-state index in [-0.39, 0.29) is 29.6 Å². The molecule has 0 radical (unpaired) electrons. The van der Waals surface area contributed by atoms with Crippen LogP contribution < -0.4 is 8.85 Å². The standard InChI is InChI=1S/C16H28IN3O3/c1-12(2)14(21)5-3-4-6-16(23)20-9-7-13(8-10-20)19-15(22)11-18-17/h12-13,18H,3-11H2,1-2H3,(H,19,22). The smallest absolute Gasteiger partial charge is 0.234 e. The molecule has 2 amide bonds. The summed E-state index contributed by atoms with van der Waals surface area (Å²) in [6, 6.07) is 0.167. The van der Waals surface area contributed by atoms with Crippen LogP contribution in [0.4, 0.5) is 0 Å². The first-order valence-electron chi connectivity index (χ1n) is 8.37. The number of amides is 2. The Morgan fingerprint density at radius 3 is 2.30 bits per heavy atom. The van der Waals surface area contributed by atoms with E-state index in [0.717, 1.165) is 25.7 Å². The highest BCUT2D eigenvalue weighted by molar-refractivity contribution is 14.1. The highest BCUT2D eigenvalue weighted by Gasteiger charge is 2.23. The topological polar surface area (TPSA) is 78.5 Å². The molecule has 1 aliphatic rings. The maximum absolute atomic E-state index is 12.2. The first-order valence-corrected chi connectivity index (χ1v) is 9.45. The molecule has 0 atom stereocenters. The van der Waals surface area contributed by atoms with Crippen LogP contribution in [-0.4, -0.2) is 48.2 Å². The van der Waals surface area contributed by atoms with Crippen molar-refractivity contribution >= 4 is 40.5 Å². The van der Waals surface area contributed by atoms with Gasteiger partial charge in [-0.3, -0.25) is 17.9 Å². The van der Waals surface area contributed by atoms with Crippen LogP contribution in [0.2, 0.25) is 0 Å². The number of nitrogens with one attached hydrogen (secondary N) is 2. The van der Waals surface area contributed by atoms with Gasteiger partial charge in [0.25, 0.3) is 0 Å². The fourth-order valence-corrected chi connectivity index (χ4v) is 2.98. The summed E-state index contributed by atoms with van der Waals surface area (Å²) < 4.78 is 2.80. The number of hydrogen-bond acceptors (Lipinski definition) is 4. The van der Waals surface area contributed by atoms with Crippen LogP contribution in [0, 0.1) is 5.92 Å². The van der Waals surface area contributed by atoms with E-state index in [9.17, 15) is 14.4 Å². The molecule has 1 saturated heterocycles. The van der Waals surface area contributed by atoms with Crippen molar-refractivity contribution in [3.05, 3.63) is 0 Å². The second-order valence-corrected chi connectivity index (χ2v) is 7.12. The van der Waals surface area contributed by atoms with Gasteiger partial charge in [-0.15, -0.1) is 0 Å². The summed E-state index contributed by atoms with van der Waals surface area (Å²) in [5.41, 5.74) is 0. The molecule has 0 spiro atoms. The maximum Gasteiger partial charge on any atom is 0.234 e. The molecule has 1 aliphatic heterocycles. The average molecular weight is 437 g/mol. The SMILES string of the molecule is CC(C)C(=O)CCCCC(=O)N1CCC(NC(=O)CNI)CC1. The molecular weight excluding hydrogens is 409 g/mol. The molecule has 2 N–H and O–H groups in total. The number of piperidine rings is 1. The lowest BCUT2D eigenvalue weighted by Gasteiger charge is -2.32. The van der Waals surface area contributed by atoms with Crippen molar-refractivity contribution in [2.45, 2.75) is 58.4 Å². The van der Waals surface area contributed by atoms with Crippen LogP contribution in [0.15, 0.2) is 0 Å². The molecular formula is C16H28IN3O3. The Hall–Kier alpha value is -0.700. The van der Waals surface area contributed by atoms with Gasteiger partial charge in [0.05, 0.1) is 6.54 Å². The maximum atomic E-state index is 12.2. The van der Waals surface area contributed by atoms with Crippen molar-refractivity contribution in [2.24, 2.45) is 5.92 Å². The Labute approximate surface area is 152 Å². The molecule has 7 heteroatoms. The molecule has 0 aromatic carbocycles. The lowest BCUT2D eigenvalue weighted by Crippen LogP contribution is -2.47. The van der Waals surface area contributed by atoms with Crippen LogP contribution in [0.25, 0.3) is 0 Å². The molecule has 0 bridgehead atoms. The lowest BCUT2D eigenvalue weighted by atomic mass is 10.0. The number of halogens is 1. The van der Waals surface area contributed by atoms with Gasteiger partial charge in [0.15, 0.2) is 0 Å². The summed E-state index contributed by atoms with van der Waals surface area (Å²) in [5, 5.41) is 2.97. The molecule has 0 aromatic heterocycles. The van der Waals surface area contributed by atoms with Gasteiger partial charge in [-0.2, -0.15) is 0 Å². The van der Waals surface area contributed by atoms with Crippen LogP contribution in [0.5, 0.6) is 0 Å². The van der Waals surface area contributed by atoms with Gasteiger partial charge in [-0.1, -0.05) is 13.8 Å². The van der Waals surface area contributed by atoms with Gasteiger partial charge in [-0.25, -0.2) is 0 Å². The Balaban J connectivity index is 2.17. The first-order chi connectivity index (χ1) is 10.9. The third kappa shape index (κ3) is 8.10. The largest absolute Gasteiger partial charge is 0.352 e. The number of rotatable bonds is 9. The van der Waals surface area contributed by atoms with E-state index >= 15 is 0 Å². The van der Waals surface area contributed by atoms with E-state index < -0.39 is 0 Å². The van der Waals surface area contributed by atoms with Gasteiger partial charge in [0.2, 0.25) is 11.8 Å². The molecule has 0 aliphatic carbocycles. The zero-order chi connectivity index (χ0) is 17.2. The highest BCUT2D eigenvalue weighted by Crippen LogP contribution is 2.13. The molecule has 1 fully saturated rings. The third-order valence-electron chi connectivity index (χ3n) is 4.15. The average Bonchev–Trinajstić information content (AvgIpc) is 2.51. The van der Waals surface area contributed by atoms with E-state index in [0.29, 0.717) is 32.5 Å². The minimum Gasteiger partial charge on any atom is -0.352 e. The number of unbranched alkanes of at least 4 members (excludes halogenated alkanes) is 1. The molecule has 23 heavy (non-hydrogen) atoms. The molecule has 0 aromatic rings. The summed E-state index contributed by atoms with van der Waals surface area (Å²) in [6.07, 6.45) is 4.27. The van der Waals surface area contributed by atoms with Crippen molar-refractivity contribution in [1.29, 1.82) is 0 Å². The number of carbonyl (C=O) groups excluding carboxylic acids is 3. The molecule has 0 saturated carbocycles. The number of ketones is 1. The fourth-order valence-electron chi connectivity index (χ4n) is 2.63. The predicted molar refractivity (Wildman–Crippen MR) is 98.1 cm³/mol. The molecule has 1 rings (SSSR count). The normalized spacial score (nSPS) is 15.7. The summed E-state index contributed by atoms with van der Waals surface area (Å²) in [4.78, 5) is 37.1. The minimum absolute atomic E-state index is 0.000929. The predicted octanol–water partition coefficient (Wildman–Crippen LogP) is 1.82. The molecule has 1 heterocycles. The van der Waals surface area contributed by atoms with E-state index in [1.165, 1.54) is 0 Å². The number of likely N-dealkylation sites (tertiary alicyclic amines) is 1. The van der Waals surface area contributed by atoms with Crippen LogP contribution >= 0.6 is 22.9 Å². The van der Waals surface area contributed by atoms with E-state index in [2.05, 4.69) is 8.85 Å². The summed E-state index contributed by atoms with van der Waals surface area (Å²) in [6.45, 7) is 5.53. The number of nitrogens with zero attached hydrogens (tertiary/aromatic N) is 1. The second kappa shape index (κ2) is 11.0. The Morgan fingerprint density at radius 2 is 1.74 bits per heavy atom. The van der Waals surface area contributed by atoms with Crippen molar-refractivity contribution in [2.75, 3.05) is 19.6 Å². The first kappa shape index (κ1) is 20.3. The van der Waals surface area contributed by atoms with Gasteiger partial charge < -0.3 is 10.2 Å². The third-order valence-corrected chi connectivity index (χ3v) is 4.53. The van der Waals surface area contributed by atoms with E-state index in [1.807, 2.05) is 41.6 Å². The van der Waals surface area contributed by atoms with Crippen molar-refractivity contribution < 1.29 is 14.4 Å². The number of Topliss-reactive ketones (excluding diaryl/α,β-unsaturated/α-hetero) is 1. The lowest BCUT2D eigenvalue weighted by molar-refractivity contribution is -0.132. The quantitative estimate of drug-likeness (QED) is 0.328. The van der Waals surface area contributed by atoms with E-state index in [4.69, 9.17) is 0 Å². The van der Waals surface area contributed by atoms with E-state index in [1.54, 1.807) is 0 Å². The summed E-state index contributed by atoms with van der Waals surface area (Å²) >= 11 is 1.95. The van der Waals surface area contributed by atoms with Crippen molar-refractivity contribution in [1.82, 2.24) is 13.7 Å². The fraction of sp³-hybridized carbons (Fsp3) is 0.812. The Morgan fingerprint density at radius 1 is 1.13 bits per heavy atom. The highest BCUT2D eigenvalue weighted by atomic mass is 127. The summed E-state index contributed by atoms with van der Waals surface area (Å²) in [5.74, 6) is 0.525. The van der Waals surface area contributed by atoms with Crippen LogP contribution in [0.3, 0.4) is 0 Å². The summed E-state index contributed by atoms with van der Waals surface area (Å²) in [7, 11) is 0. The van der Waals surface area contributed by atoms with Gasteiger partial charge in [0, 0.05) is 60.8 Å². The number of hydrogen-bond donors (Lipinski definition) is 2. The molecule has 0 unspecified atom stereocenters. The van der Waals surface area contributed by atoms with Gasteiger partial charge in [-0.05, 0) is 25.7 Å². The monoisotopic (exact) mass is 437 g/mol. The zero-order valence-electron chi connectivity index (χ0n) is 14.1. The second-order valence-electron chi connectivity index (χ2n) is 6.36. The Kier molecular flexibility index (Phi) is 9.69. The van der Waals surface area contributed by atoms with Crippen molar-refractivity contribution in [3.63, 3.8) is 0 Å². The van der Waals surface area contributed by atoms with Gasteiger partial charge in [0.1, 0.15) is 5.78 Å².